The zero-order chi connectivity index (χ0) is 16.0. The summed E-state index contributed by atoms with van der Waals surface area (Å²) in [6, 6.07) is -1.73. The van der Waals surface area contributed by atoms with Gasteiger partial charge in [0.15, 0.2) is 11.9 Å². The lowest BCUT2D eigenvalue weighted by Crippen LogP contribution is -2.56. The van der Waals surface area contributed by atoms with Crippen molar-refractivity contribution in [2.45, 2.75) is 44.3 Å². The number of carbonyl (C=O) groups excluding carboxylic acids is 3. The summed E-state index contributed by atoms with van der Waals surface area (Å²) in [6.07, 6.45) is -6.99. The van der Waals surface area contributed by atoms with Gasteiger partial charge in [-0.3, -0.25) is 9.59 Å². The fourth-order valence-corrected chi connectivity index (χ4v) is 1.30. The molecule has 9 heteroatoms. The van der Waals surface area contributed by atoms with Crippen LogP contribution in [0.25, 0.3) is 0 Å². The number of nitrogens with two attached hydrogens (primary N) is 1. The molecule has 0 saturated carbocycles. The van der Waals surface area contributed by atoms with Gasteiger partial charge in [-0.25, -0.2) is 4.79 Å². The summed E-state index contributed by atoms with van der Waals surface area (Å²) in [7, 11) is 0. The van der Waals surface area contributed by atoms with Crippen LogP contribution in [-0.2, 0) is 19.1 Å². The van der Waals surface area contributed by atoms with E-state index in [2.05, 4.69) is 4.74 Å². The maximum Gasteiger partial charge on any atom is 0.335 e. The molecule has 0 aromatic rings. The van der Waals surface area contributed by atoms with Crippen LogP contribution in [0, 0.1) is 0 Å². The molecule has 9 nitrogen and oxygen atoms in total. The van der Waals surface area contributed by atoms with Gasteiger partial charge in [-0.05, 0) is 6.92 Å². The van der Waals surface area contributed by atoms with Crippen molar-refractivity contribution in [3.63, 3.8) is 0 Å². The van der Waals surface area contributed by atoms with Gasteiger partial charge >= 0.3 is 5.97 Å². The maximum absolute atomic E-state index is 11.5. The minimum atomic E-state index is -1.90. The number of rotatable bonds is 8. The second-order valence-corrected chi connectivity index (χ2v) is 4.26. The van der Waals surface area contributed by atoms with E-state index in [9.17, 15) is 24.6 Å². The van der Waals surface area contributed by atoms with Gasteiger partial charge in [0, 0.05) is 6.92 Å². The van der Waals surface area contributed by atoms with Gasteiger partial charge < -0.3 is 30.9 Å². The van der Waals surface area contributed by atoms with E-state index in [4.69, 9.17) is 15.9 Å². The van der Waals surface area contributed by atoms with Crippen molar-refractivity contribution in [1.82, 2.24) is 0 Å². The molecular weight excluding hydrogens is 274 g/mol. The Morgan fingerprint density at radius 1 is 1.20 bits per heavy atom. The molecule has 6 N–H and O–H groups in total. The molecule has 0 heterocycles. The Kier molecular flexibility index (Phi) is 7.46. The van der Waals surface area contributed by atoms with E-state index < -0.39 is 54.6 Å². The average Bonchev–Trinajstić information content (AvgIpc) is 2.40. The van der Waals surface area contributed by atoms with Gasteiger partial charge in [-0.15, -0.1) is 0 Å². The SMILES string of the molecule is CC(=O)C(=O)[C@H](N)[C@@H](OC(=O)C(C)O)[C@H](O)[C@H](O)CO. The molecule has 0 radical (unpaired) electrons. The number of ether oxygens (including phenoxy) is 1. The zero-order valence-electron chi connectivity index (χ0n) is 11.1. The highest BCUT2D eigenvalue weighted by molar-refractivity contribution is 6.38. The highest BCUT2D eigenvalue weighted by Crippen LogP contribution is 2.11. The van der Waals surface area contributed by atoms with E-state index in [1.54, 1.807) is 0 Å². The van der Waals surface area contributed by atoms with Gasteiger partial charge in [-0.1, -0.05) is 0 Å². The van der Waals surface area contributed by atoms with Crippen molar-refractivity contribution in [1.29, 1.82) is 0 Å². The number of aliphatic hydroxyl groups excluding tert-OH is 4. The summed E-state index contributed by atoms with van der Waals surface area (Å²) in [5.41, 5.74) is 5.42. The van der Waals surface area contributed by atoms with Crippen molar-refractivity contribution in [2.24, 2.45) is 5.73 Å². The van der Waals surface area contributed by atoms with Crippen molar-refractivity contribution in [3.8, 4) is 0 Å². The normalized spacial score (nSPS) is 18.6. The molecular formula is C11H19NO8. The van der Waals surface area contributed by atoms with Gasteiger partial charge in [0.05, 0.1) is 6.61 Å². The minimum absolute atomic E-state index is 0.884. The highest BCUT2D eigenvalue weighted by atomic mass is 16.6. The van der Waals surface area contributed by atoms with E-state index in [1.807, 2.05) is 0 Å². The maximum atomic E-state index is 11.5. The van der Waals surface area contributed by atoms with Gasteiger partial charge in [0.1, 0.15) is 24.4 Å². The number of ketones is 2. The van der Waals surface area contributed by atoms with E-state index in [1.165, 1.54) is 0 Å². The molecule has 0 bridgehead atoms. The predicted molar refractivity (Wildman–Crippen MR) is 64.3 cm³/mol. The zero-order valence-corrected chi connectivity index (χ0v) is 11.1. The van der Waals surface area contributed by atoms with Crippen LogP contribution in [0.3, 0.4) is 0 Å². The Bertz CT molecular complexity index is 369. The summed E-state index contributed by atoms with van der Waals surface area (Å²) in [5, 5.41) is 36.8. The summed E-state index contributed by atoms with van der Waals surface area (Å²) in [4.78, 5) is 33.7. The van der Waals surface area contributed by atoms with Gasteiger partial charge in [0.2, 0.25) is 5.78 Å². The van der Waals surface area contributed by atoms with Crippen LogP contribution in [0.1, 0.15) is 13.8 Å². The Hall–Kier alpha value is -1.39. The van der Waals surface area contributed by atoms with Crippen LogP contribution in [0.2, 0.25) is 0 Å². The first-order valence-corrected chi connectivity index (χ1v) is 5.79. The van der Waals surface area contributed by atoms with Crippen LogP contribution in [0.5, 0.6) is 0 Å². The lowest BCUT2D eigenvalue weighted by molar-refractivity contribution is -0.173. The van der Waals surface area contributed by atoms with Crippen molar-refractivity contribution in [2.75, 3.05) is 6.61 Å². The van der Waals surface area contributed by atoms with E-state index in [0.717, 1.165) is 13.8 Å². The smallest absolute Gasteiger partial charge is 0.335 e. The van der Waals surface area contributed by atoms with E-state index >= 15 is 0 Å². The van der Waals surface area contributed by atoms with Gasteiger partial charge in [0.25, 0.3) is 0 Å². The monoisotopic (exact) mass is 293 g/mol. The second kappa shape index (κ2) is 8.02. The Labute approximate surface area is 115 Å². The van der Waals surface area contributed by atoms with Crippen molar-refractivity contribution >= 4 is 17.5 Å². The number of hydrogen-bond acceptors (Lipinski definition) is 9. The summed E-state index contributed by atoms with van der Waals surface area (Å²) < 4.78 is 4.62. The topological polar surface area (TPSA) is 167 Å². The molecule has 116 valence electrons. The van der Waals surface area contributed by atoms with Gasteiger partial charge in [-0.2, -0.15) is 0 Å². The highest BCUT2D eigenvalue weighted by Gasteiger charge is 2.39. The summed E-state index contributed by atoms with van der Waals surface area (Å²) in [6.45, 7) is 1.13. The molecule has 0 aliphatic heterocycles. The first-order chi connectivity index (χ1) is 9.13. The first kappa shape index (κ1) is 18.6. The largest absolute Gasteiger partial charge is 0.455 e. The number of carbonyl (C=O) groups is 3. The molecule has 20 heavy (non-hydrogen) atoms. The lowest BCUT2D eigenvalue weighted by atomic mass is 9.97. The fraction of sp³-hybridized carbons (Fsp3) is 0.727. The van der Waals surface area contributed by atoms with Crippen LogP contribution in [0.4, 0.5) is 0 Å². The van der Waals surface area contributed by atoms with E-state index in [-0.39, 0.29) is 0 Å². The van der Waals surface area contributed by atoms with E-state index in [0.29, 0.717) is 0 Å². The molecule has 0 saturated heterocycles. The third-order valence-corrected chi connectivity index (χ3v) is 2.51. The minimum Gasteiger partial charge on any atom is -0.455 e. The molecule has 1 unspecified atom stereocenters. The third-order valence-electron chi connectivity index (χ3n) is 2.51. The average molecular weight is 293 g/mol. The third kappa shape index (κ3) is 4.94. The van der Waals surface area contributed by atoms with Crippen LogP contribution in [0.15, 0.2) is 0 Å². The molecule has 0 rings (SSSR count). The molecule has 0 aromatic heterocycles. The first-order valence-electron chi connectivity index (χ1n) is 5.79. The lowest BCUT2D eigenvalue weighted by Gasteiger charge is -2.29. The van der Waals surface area contributed by atoms with Crippen LogP contribution in [-0.4, -0.2) is 75.0 Å². The number of aliphatic hydroxyl groups is 4. The van der Waals surface area contributed by atoms with Crippen LogP contribution >= 0.6 is 0 Å². The molecule has 0 spiro atoms. The number of Topliss-reactive ketones (excluding diaryl/α,β-unsaturated/α-hetero) is 2. The standard InChI is InChI=1S/C11H19NO8/c1-4(14)8(17)7(12)10(9(18)6(16)3-13)20-11(19)5(2)15/h5-7,9-10,13,15-16,18H,3,12H2,1-2H3/t5?,6-,7+,9-,10-/m1/s1. The molecule has 0 aliphatic rings. The second-order valence-electron chi connectivity index (χ2n) is 4.26. The Morgan fingerprint density at radius 2 is 1.70 bits per heavy atom. The summed E-state index contributed by atoms with van der Waals surface area (Å²) >= 11 is 0. The number of hydrogen-bond donors (Lipinski definition) is 5. The quantitative estimate of drug-likeness (QED) is 0.225. The Morgan fingerprint density at radius 3 is 2.05 bits per heavy atom. The molecule has 0 amide bonds. The molecule has 5 atom stereocenters. The predicted octanol–water partition coefficient (Wildman–Crippen LogP) is -3.52. The Balaban J connectivity index is 5.19. The molecule has 0 fully saturated rings. The number of esters is 1. The van der Waals surface area contributed by atoms with Crippen molar-refractivity contribution < 1.29 is 39.5 Å². The van der Waals surface area contributed by atoms with Crippen molar-refractivity contribution in [3.05, 3.63) is 0 Å². The fourth-order valence-electron chi connectivity index (χ4n) is 1.30. The summed E-state index contributed by atoms with van der Waals surface area (Å²) in [5.74, 6) is -3.26. The van der Waals surface area contributed by atoms with Crippen LogP contribution < -0.4 is 5.73 Å². The molecule has 0 aliphatic carbocycles. The molecule has 0 aromatic carbocycles.